The first-order chi connectivity index (χ1) is 11.3. The molecule has 2 rings (SSSR count). The SMILES string of the molecule is CN(CCC(=O)N1CCC[C@@H](Nc2ccc(F)cc2)C1)S(C)(=O)=O. The van der Waals surface area contributed by atoms with Crippen LogP contribution in [0, 0.1) is 5.82 Å². The summed E-state index contributed by atoms with van der Waals surface area (Å²) in [5, 5.41) is 3.32. The maximum absolute atomic E-state index is 12.9. The number of likely N-dealkylation sites (tertiary alicyclic amines) is 1. The minimum atomic E-state index is -3.26. The Hall–Kier alpha value is -1.67. The zero-order valence-corrected chi connectivity index (χ0v) is 14.9. The summed E-state index contributed by atoms with van der Waals surface area (Å²) in [5.41, 5.74) is 0.826. The fourth-order valence-corrected chi connectivity index (χ4v) is 3.10. The van der Waals surface area contributed by atoms with Crippen molar-refractivity contribution in [3.8, 4) is 0 Å². The Labute approximate surface area is 142 Å². The normalized spacial score (nSPS) is 18.7. The van der Waals surface area contributed by atoms with Crippen molar-refractivity contribution in [3.63, 3.8) is 0 Å². The third-order valence-corrected chi connectivity index (χ3v) is 5.51. The van der Waals surface area contributed by atoms with E-state index in [0.29, 0.717) is 13.1 Å². The van der Waals surface area contributed by atoms with Gasteiger partial charge < -0.3 is 10.2 Å². The highest BCUT2D eigenvalue weighted by Gasteiger charge is 2.24. The Balaban J connectivity index is 1.85. The molecule has 1 aliphatic rings. The summed E-state index contributed by atoms with van der Waals surface area (Å²) in [7, 11) is -1.79. The van der Waals surface area contributed by atoms with E-state index in [0.717, 1.165) is 24.8 Å². The standard InChI is InChI=1S/C16H24FN3O3S/c1-19(24(2,22)23)11-9-16(21)20-10-3-4-15(12-20)18-14-7-5-13(17)6-8-14/h5-8,15,18H,3-4,9-12H2,1-2H3/t15-/m1/s1. The molecule has 1 aromatic carbocycles. The van der Waals surface area contributed by atoms with E-state index in [1.165, 1.54) is 23.5 Å². The summed E-state index contributed by atoms with van der Waals surface area (Å²) < 4.78 is 36.9. The second-order valence-corrected chi connectivity index (χ2v) is 8.25. The van der Waals surface area contributed by atoms with Gasteiger partial charge in [0.25, 0.3) is 0 Å². The quantitative estimate of drug-likeness (QED) is 0.838. The average molecular weight is 357 g/mol. The lowest BCUT2D eigenvalue weighted by molar-refractivity contribution is -0.132. The molecular weight excluding hydrogens is 333 g/mol. The Morgan fingerprint density at radius 3 is 2.67 bits per heavy atom. The van der Waals surface area contributed by atoms with E-state index in [2.05, 4.69) is 5.32 Å². The van der Waals surface area contributed by atoms with Gasteiger partial charge in [0.2, 0.25) is 15.9 Å². The van der Waals surface area contributed by atoms with Crippen LogP contribution in [0.1, 0.15) is 19.3 Å². The third-order valence-electron chi connectivity index (χ3n) is 4.20. The molecule has 24 heavy (non-hydrogen) atoms. The number of rotatable bonds is 6. The van der Waals surface area contributed by atoms with E-state index in [1.54, 1.807) is 17.0 Å². The number of halogens is 1. The molecule has 1 aliphatic heterocycles. The third kappa shape index (κ3) is 5.45. The molecule has 0 aliphatic carbocycles. The maximum atomic E-state index is 12.9. The van der Waals surface area contributed by atoms with Crippen molar-refractivity contribution >= 4 is 21.6 Å². The molecule has 6 nitrogen and oxygen atoms in total. The first kappa shape index (κ1) is 18.7. The van der Waals surface area contributed by atoms with Crippen molar-refractivity contribution in [2.45, 2.75) is 25.3 Å². The van der Waals surface area contributed by atoms with Gasteiger partial charge in [0.05, 0.1) is 6.26 Å². The number of amides is 1. The second kappa shape index (κ2) is 7.94. The number of hydrogen-bond donors (Lipinski definition) is 1. The minimum absolute atomic E-state index is 0.0453. The zero-order chi connectivity index (χ0) is 17.7. The molecule has 1 amide bonds. The van der Waals surface area contributed by atoms with Crippen molar-refractivity contribution in [2.24, 2.45) is 0 Å². The van der Waals surface area contributed by atoms with Crippen molar-refractivity contribution in [2.75, 3.05) is 38.3 Å². The van der Waals surface area contributed by atoms with E-state index in [1.807, 2.05) is 0 Å². The van der Waals surface area contributed by atoms with Crippen molar-refractivity contribution in [1.82, 2.24) is 9.21 Å². The lowest BCUT2D eigenvalue weighted by Crippen LogP contribution is -2.46. The first-order valence-corrected chi connectivity index (χ1v) is 9.82. The lowest BCUT2D eigenvalue weighted by Gasteiger charge is -2.34. The number of hydrogen-bond acceptors (Lipinski definition) is 4. The van der Waals surface area contributed by atoms with Gasteiger partial charge in [0, 0.05) is 44.8 Å². The molecule has 0 saturated carbocycles. The van der Waals surface area contributed by atoms with E-state index in [9.17, 15) is 17.6 Å². The topological polar surface area (TPSA) is 69.7 Å². The van der Waals surface area contributed by atoms with Crippen molar-refractivity contribution < 1.29 is 17.6 Å². The second-order valence-electron chi connectivity index (χ2n) is 6.16. The molecule has 1 fully saturated rings. The number of sulfonamides is 1. The van der Waals surface area contributed by atoms with Crippen LogP contribution in [0.15, 0.2) is 24.3 Å². The summed E-state index contributed by atoms with van der Waals surface area (Å²) in [5.74, 6) is -0.327. The molecule has 1 aromatic rings. The molecule has 1 saturated heterocycles. The molecule has 0 unspecified atom stereocenters. The molecule has 0 bridgehead atoms. The summed E-state index contributed by atoms with van der Waals surface area (Å²) in [4.78, 5) is 14.1. The smallest absolute Gasteiger partial charge is 0.223 e. The fourth-order valence-electron chi connectivity index (χ4n) is 2.68. The number of anilines is 1. The molecule has 0 radical (unpaired) electrons. The number of piperidine rings is 1. The van der Waals surface area contributed by atoms with Crippen LogP contribution >= 0.6 is 0 Å². The number of carbonyl (C=O) groups is 1. The van der Waals surface area contributed by atoms with Gasteiger partial charge in [-0.3, -0.25) is 4.79 Å². The predicted octanol–water partition coefficient (Wildman–Crippen LogP) is 1.51. The van der Waals surface area contributed by atoms with Gasteiger partial charge in [0.1, 0.15) is 5.82 Å². The highest BCUT2D eigenvalue weighted by molar-refractivity contribution is 7.88. The lowest BCUT2D eigenvalue weighted by atomic mass is 10.0. The van der Waals surface area contributed by atoms with E-state index < -0.39 is 10.0 Å². The minimum Gasteiger partial charge on any atom is -0.381 e. The molecule has 0 spiro atoms. The first-order valence-electron chi connectivity index (χ1n) is 7.97. The summed E-state index contributed by atoms with van der Waals surface area (Å²) >= 11 is 0. The fraction of sp³-hybridized carbons (Fsp3) is 0.562. The molecule has 8 heteroatoms. The average Bonchev–Trinajstić information content (AvgIpc) is 2.54. The number of benzene rings is 1. The van der Waals surface area contributed by atoms with Gasteiger partial charge in [-0.05, 0) is 37.1 Å². The van der Waals surface area contributed by atoms with Gasteiger partial charge in [-0.1, -0.05) is 0 Å². The molecule has 0 aromatic heterocycles. The summed E-state index contributed by atoms with van der Waals surface area (Å²) in [6, 6.07) is 6.26. The van der Waals surface area contributed by atoms with E-state index in [4.69, 9.17) is 0 Å². The number of carbonyl (C=O) groups excluding carboxylic acids is 1. The highest BCUT2D eigenvalue weighted by atomic mass is 32.2. The monoisotopic (exact) mass is 357 g/mol. The van der Waals surface area contributed by atoms with E-state index >= 15 is 0 Å². The summed E-state index contributed by atoms with van der Waals surface area (Å²) in [6.07, 6.45) is 3.12. The molecule has 134 valence electrons. The maximum Gasteiger partial charge on any atom is 0.223 e. The number of nitrogens with zero attached hydrogens (tertiary/aromatic N) is 2. The molecule has 1 N–H and O–H groups in total. The van der Waals surface area contributed by atoms with Crippen LogP contribution in [0.25, 0.3) is 0 Å². The van der Waals surface area contributed by atoms with Gasteiger partial charge in [-0.25, -0.2) is 17.1 Å². The molecule has 1 heterocycles. The van der Waals surface area contributed by atoms with Gasteiger partial charge >= 0.3 is 0 Å². The van der Waals surface area contributed by atoms with Crippen molar-refractivity contribution in [1.29, 1.82) is 0 Å². The van der Waals surface area contributed by atoms with Crippen LogP contribution in [0.2, 0.25) is 0 Å². The van der Waals surface area contributed by atoms with Crippen LogP contribution < -0.4 is 5.32 Å². The Kier molecular flexibility index (Phi) is 6.17. The van der Waals surface area contributed by atoms with Crippen LogP contribution in [-0.4, -0.2) is 62.5 Å². The predicted molar refractivity (Wildman–Crippen MR) is 91.7 cm³/mol. The number of nitrogens with one attached hydrogen (secondary N) is 1. The van der Waals surface area contributed by atoms with E-state index in [-0.39, 0.29) is 30.7 Å². The highest BCUT2D eigenvalue weighted by Crippen LogP contribution is 2.17. The van der Waals surface area contributed by atoms with Gasteiger partial charge in [-0.2, -0.15) is 0 Å². The van der Waals surface area contributed by atoms with Crippen molar-refractivity contribution in [3.05, 3.63) is 30.1 Å². The van der Waals surface area contributed by atoms with Crippen LogP contribution in [0.4, 0.5) is 10.1 Å². The largest absolute Gasteiger partial charge is 0.381 e. The van der Waals surface area contributed by atoms with Gasteiger partial charge in [-0.15, -0.1) is 0 Å². The Morgan fingerprint density at radius 1 is 1.38 bits per heavy atom. The Morgan fingerprint density at radius 2 is 2.04 bits per heavy atom. The zero-order valence-electron chi connectivity index (χ0n) is 14.0. The van der Waals surface area contributed by atoms with Crippen LogP contribution in [-0.2, 0) is 14.8 Å². The van der Waals surface area contributed by atoms with Crippen LogP contribution in [0.5, 0.6) is 0 Å². The van der Waals surface area contributed by atoms with Gasteiger partial charge in [0.15, 0.2) is 0 Å². The molecular formula is C16H24FN3O3S. The Bertz CT molecular complexity index is 664. The summed E-state index contributed by atoms with van der Waals surface area (Å²) in [6.45, 7) is 1.44. The molecule has 1 atom stereocenters. The van der Waals surface area contributed by atoms with Crippen LogP contribution in [0.3, 0.4) is 0 Å².